The average Bonchev–Trinajstić information content (AvgIpc) is 3.81. The van der Waals surface area contributed by atoms with Crippen molar-refractivity contribution in [3.05, 3.63) is 146 Å². The molecule has 0 saturated carbocycles. The van der Waals surface area contributed by atoms with E-state index in [-0.39, 0.29) is 0 Å². The third-order valence-electron chi connectivity index (χ3n) is 9.87. The summed E-state index contributed by atoms with van der Waals surface area (Å²) in [5.41, 5.74) is 8.41. The lowest BCUT2D eigenvalue weighted by Gasteiger charge is -2.18. The summed E-state index contributed by atoms with van der Waals surface area (Å²) in [6.07, 6.45) is 0. The second-order valence-electron chi connectivity index (χ2n) is 12.3. The fourth-order valence-corrected chi connectivity index (χ4v) is 9.04. The van der Waals surface area contributed by atoms with Crippen molar-refractivity contribution < 1.29 is 8.83 Å². The molecular weight excluding hydrogens is 593 g/mol. The first-order valence-corrected chi connectivity index (χ1v) is 16.7. The summed E-state index contributed by atoms with van der Waals surface area (Å²) < 4.78 is 15.5. The van der Waals surface area contributed by atoms with Gasteiger partial charge in [-0.2, -0.15) is 0 Å². The number of benzene rings is 8. The van der Waals surface area contributed by atoms with Crippen LogP contribution in [0.4, 0.5) is 0 Å². The molecule has 0 unspecified atom stereocenters. The molecule has 11 aromatic rings. The zero-order valence-electron chi connectivity index (χ0n) is 25.1. The van der Waals surface area contributed by atoms with Crippen LogP contribution in [0.3, 0.4) is 0 Å². The molecule has 0 aliphatic heterocycles. The van der Waals surface area contributed by atoms with Gasteiger partial charge in [0.25, 0.3) is 0 Å². The number of fused-ring (bicyclic) bond motifs is 12. The topological polar surface area (TPSA) is 26.3 Å². The van der Waals surface area contributed by atoms with Crippen molar-refractivity contribution >= 4 is 96.9 Å². The van der Waals surface area contributed by atoms with Crippen LogP contribution in [-0.4, -0.2) is 0 Å². The van der Waals surface area contributed by atoms with E-state index in [4.69, 9.17) is 8.83 Å². The van der Waals surface area contributed by atoms with Crippen molar-refractivity contribution in [2.45, 2.75) is 0 Å². The smallest absolute Gasteiger partial charge is 0.147 e. The third kappa shape index (κ3) is 3.44. The third-order valence-corrected chi connectivity index (χ3v) is 11.0. The van der Waals surface area contributed by atoms with Gasteiger partial charge in [-0.1, -0.05) is 103 Å². The normalized spacial score (nSPS) is 12.3. The van der Waals surface area contributed by atoms with Gasteiger partial charge in [0.05, 0.1) is 5.39 Å². The van der Waals surface area contributed by atoms with Gasteiger partial charge in [0.15, 0.2) is 0 Å². The lowest BCUT2D eigenvalue weighted by molar-refractivity contribution is 0.663. The summed E-state index contributed by atoms with van der Waals surface area (Å²) in [4.78, 5) is 0. The Morgan fingerprint density at radius 2 is 1.00 bits per heavy atom. The van der Waals surface area contributed by atoms with Crippen LogP contribution in [-0.2, 0) is 0 Å². The molecule has 11 rings (SSSR count). The van der Waals surface area contributed by atoms with Crippen LogP contribution in [0.1, 0.15) is 0 Å². The molecular formula is C44H24O2S. The highest BCUT2D eigenvalue weighted by atomic mass is 32.1. The maximum Gasteiger partial charge on any atom is 0.147 e. The Balaban J connectivity index is 1.22. The molecule has 3 heteroatoms. The number of hydrogen-bond acceptors (Lipinski definition) is 3. The monoisotopic (exact) mass is 616 g/mol. The van der Waals surface area contributed by atoms with Crippen LogP contribution in [0, 0.1) is 0 Å². The summed E-state index contributed by atoms with van der Waals surface area (Å²) in [7, 11) is 0. The Kier molecular flexibility index (Phi) is 5.02. The molecule has 8 aromatic carbocycles. The van der Waals surface area contributed by atoms with Crippen LogP contribution in [0.15, 0.2) is 154 Å². The van der Waals surface area contributed by atoms with Crippen LogP contribution in [0.2, 0.25) is 0 Å². The van der Waals surface area contributed by atoms with Crippen LogP contribution >= 0.6 is 11.3 Å². The maximum atomic E-state index is 6.73. The highest BCUT2D eigenvalue weighted by molar-refractivity contribution is 7.25. The molecule has 0 radical (unpaired) electrons. The summed E-state index contributed by atoms with van der Waals surface area (Å²) in [6.45, 7) is 0. The van der Waals surface area contributed by atoms with Gasteiger partial charge in [-0.3, -0.25) is 0 Å². The number of para-hydroxylation sites is 1. The molecule has 2 nitrogen and oxygen atoms in total. The van der Waals surface area contributed by atoms with Gasteiger partial charge in [-0.25, -0.2) is 0 Å². The quantitative estimate of drug-likeness (QED) is 0.181. The Bertz CT molecular complexity index is 3020. The molecule has 218 valence electrons. The van der Waals surface area contributed by atoms with Crippen LogP contribution in [0.25, 0.3) is 108 Å². The van der Waals surface area contributed by atoms with Gasteiger partial charge >= 0.3 is 0 Å². The van der Waals surface area contributed by atoms with Crippen molar-refractivity contribution in [2.24, 2.45) is 0 Å². The van der Waals surface area contributed by atoms with E-state index in [2.05, 4.69) is 133 Å². The van der Waals surface area contributed by atoms with Gasteiger partial charge in [0, 0.05) is 36.3 Å². The van der Waals surface area contributed by atoms with E-state index < -0.39 is 0 Å². The Morgan fingerprint density at radius 1 is 0.362 bits per heavy atom. The van der Waals surface area contributed by atoms with Crippen molar-refractivity contribution in [2.75, 3.05) is 0 Å². The highest BCUT2D eigenvalue weighted by Crippen LogP contribution is 2.48. The molecule has 0 saturated heterocycles. The summed E-state index contributed by atoms with van der Waals surface area (Å²) in [5.74, 6) is 0. The molecule has 0 fully saturated rings. The van der Waals surface area contributed by atoms with Crippen LogP contribution in [0.5, 0.6) is 0 Å². The first-order chi connectivity index (χ1) is 23.3. The van der Waals surface area contributed by atoms with Crippen molar-refractivity contribution in [1.82, 2.24) is 0 Å². The first kappa shape index (κ1) is 25.3. The second kappa shape index (κ2) is 9.32. The molecule has 0 spiro atoms. The zero-order chi connectivity index (χ0) is 30.6. The molecule has 0 N–H and O–H groups in total. The molecule has 3 aromatic heterocycles. The Morgan fingerprint density at radius 3 is 1.79 bits per heavy atom. The fourth-order valence-electron chi connectivity index (χ4n) is 7.91. The molecule has 0 amide bonds. The van der Waals surface area contributed by atoms with Gasteiger partial charge < -0.3 is 8.83 Å². The molecule has 0 aliphatic rings. The molecule has 0 bridgehead atoms. The molecule has 47 heavy (non-hydrogen) atoms. The van der Waals surface area contributed by atoms with E-state index in [1.54, 1.807) is 0 Å². The average molecular weight is 617 g/mol. The van der Waals surface area contributed by atoms with Gasteiger partial charge in [-0.05, 0) is 86.3 Å². The van der Waals surface area contributed by atoms with E-state index in [1.165, 1.54) is 58.4 Å². The summed E-state index contributed by atoms with van der Waals surface area (Å²) in [5, 5.41) is 11.9. The van der Waals surface area contributed by atoms with Crippen molar-refractivity contribution in [3.63, 3.8) is 0 Å². The minimum Gasteiger partial charge on any atom is -0.456 e. The fraction of sp³-hybridized carbons (Fsp3) is 0. The van der Waals surface area contributed by atoms with E-state index in [9.17, 15) is 0 Å². The molecule has 3 heterocycles. The number of hydrogen-bond donors (Lipinski definition) is 0. The Labute approximate surface area is 272 Å². The minimum absolute atomic E-state index is 0.846. The predicted molar refractivity (Wildman–Crippen MR) is 200 cm³/mol. The lowest BCUT2D eigenvalue weighted by Crippen LogP contribution is -1.91. The number of thiophene rings is 1. The first-order valence-electron chi connectivity index (χ1n) is 15.9. The largest absolute Gasteiger partial charge is 0.456 e. The standard InChI is InChI=1S/C44H24O2S/c1-3-12-29-27(10-1)40(25-20-21-26-31-22-23-36-43(44(31)46-37(26)24-25)32-14-5-7-17-35(32)45-36)28-11-2-4-13-30(28)41(29)34-16-9-19-39-42(34)33-15-6-8-18-38(33)47-39/h1-24H. The lowest BCUT2D eigenvalue weighted by atomic mass is 9.85. The summed E-state index contributed by atoms with van der Waals surface area (Å²) in [6, 6.07) is 52.4. The minimum atomic E-state index is 0.846. The Hall–Kier alpha value is -5.90. The van der Waals surface area contributed by atoms with E-state index in [0.717, 1.165) is 49.4 Å². The van der Waals surface area contributed by atoms with E-state index >= 15 is 0 Å². The SMILES string of the molecule is c1ccc2c(c1)oc1ccc3c4ccc(-c5c6ccccc6c(-c6cccc7sc8ccccc8c67)c6ccccc56)cc4oc3c12. The van der Waals surface area contributed by atoms with Gasteiger partial charge in [0.1, 0.15) is 22.3 Å². The predicted octanol–water partition coefficient (Wildman–Crippen LogP) is 13.5. The number of rotatable bonds is 2. The van der Waals surface area contributed by atoms with Crippen LogP contribution < -0.4 is 0 Å². The summed E-state index contributed by atoms with van der Waals surface area (Å²) >= 11 is 1.87. The van der Waals surface area contributed by atoms with Crippen molar-refractivity contribution in [3.8, 4) is 22.3 Å². The number of furan rings is 2. The zero-order valence-corrected chi connectivity index (χ0v) is 25.9. The second-order valence-corrected chi connectivity index (χ2v) is 13.4. The van der Waals surface area contributed by atoms with Gasteiger partial charge in [-0.15, -0.1) is 11.3 Å². The highest BCUT2D eigenvalue weighted by Gasteiger charge is 2.21. The van der Waals surface area contributed by atoms with E-state index in [0.29, 0.717) is 0 Å². The molecule has 0 aliphatic carbocycles. The molecule has 0 atom stereocenters. The van der Waals surface area contributed by atoms with Crippen molar-refractivity contribution in [1.29, 1.82) is 0 Å². The maximum absolute atomic E-state index is 6.73. The van der Waals surface area contributed by atoms with Gasteiger partial charge in [0.2, 0.25) is 0 Å². The van der Waals surface area contributed by atoms with E-state index in [1.807, 2.05) is 23.5 Å².